The van der Waals surface area contributed by atoms with Crippen LogP contribution < -0.4 is 10.6 Å². The number of benzene rings is 2. The standard InChI is InChI=1S/C18H23ClN2/c1-13-9-14(2)11-17(10-13)21(3)8-7-18(20)15-5-4-6-16(19)12-15/h4-6,9-12,18H,7-8,20H2,1-3H3. The first-order valence-corrected chi connectivity index (χ1v) is 7.64. The van der Waals surface area contributed by atoms with Gasteiger partial charge in [-0.25, -0.2) is 0 Å². The molecule has 2 N–H and O–H groups in total. The number of aryl methyl sites for hydroxylation is 2. The average Bonchev–Trinajstić information content (AvgIpc) is 2.43. The fourth-order valence-electron chi connectivity index (χ4n) is 2.54. The molecule has 2 aromatic rings. The average molecular weight is 303 g/mol. The highest BCUT2D eigenvalue weighted by atomic mass is 35.5. The Bertz CT molecular complexity index is 590. The second-order valence-corrected chi connectivity index (χ2v) is 6.15. The lowest BCUT2D eigenvalue weighted by atomic mass is 10.0. The van der Waals surface area contributed by atoms with Crippen LogP contribution in [0.5, 0.6) is 0 Å². The van der Waals surface area contributed by atoms with Crippen molar-refractivity contribution >= 4 is 17.3 Å². The van der Waals surface area contributed by atoms with Crippen molar-refractivity contribution in [2.45, 2.75) is 26.3 Å². The van der Waals surface area contributed by atoms with E-state index in [1.165, 1.54) is 16.8 Å². The third-order valence-corrected chi connectivity index (χ3v) is 3.93. The molecule has 0 aliphatic rings. The van der Waals surface area contributed by atoms with Crippen molar-refractivity contribution in [2.75, 3.05) is 18.5 Å². The zero-order valence-corrected chi connectivity index (χ0v) is 13.7. The van der Waals surface area contributed by atoms with Gasteiger partial charge in [0.2, 0.25) is 0 Å². The molecule has 2 rings (SSSR count). The highest BCUT2D eigenvalue weighted by molar-refractivity contribution is 6.30. The van der Waals surface area contributed by atoms with E-state index in [2.05, 4.69) is 44.0 Å². The summed E-state index contributed by atoms with van der Waals surface area (Å²) < 4.78 is 0. The Morgan fingerprint density at radius 1 is 1.10 bits per heavy atom. The van der Waals surface area contributed by atoms with Crippen LogP contribution in [0.1, 0.15) is 29.2 Å². The van der Waals surface area contributed by atoms with E-state index in [0.29, 0.717) is 0 Å². The second-order valence-electron chi connectivity index (χ2n) is 5.72. The van der Waals surface area contributed by atoms with Crippen LogP contribution in [-0.2, 0) is 0 Å². The molecular formula is C18H23ClN2. The van der Waals surface area contributed by atoms with Crippen LogP contribution in [0, 0.1) is 13.8 Å². The second kappa shape index (κ2) is 6.97. The van der Waals surface area contributed by atoms with E-state index in [-0.39, 0.29) is 6.04 Å². The summed E-state index contributed by atoms with van der Waals surface area (Å²) in [5, 5.41) is 0.741. The maximum absolute atomic E-state index is 6.26. The monoisotopic (exact) mass is 302 g/mol. The maximum atomic E-state index is 6.26. The molecule has 112 valence electrons. The Balaban J connectivity index is 1.98. The molecule has 0 saturated heterocycles. The minimum absolute atomic E-state index is 0.0112. The maximum Gasteiger partial charge on any atom is 0.0409 e. The van der Waals surface area contributed by atoms with E-state index in [9.17, 15) is 0 Å². The Morgan fingerprint density at radius 3 is 2.38 bits per heavy atom. The molecule has 3 heteroatoms. The van der Waals surface area contributed by atoms with Gasteiger partial charge in [0.05, 0.1) is 0 Å². The summed E-state index contributed by atoms with van der Waals surface area (Å²) in [5.41, 5.74) is 11.2. The topological polar surface area (TPSA) is 29.3 Å². The van der Waals surface area contributed by atoms with Crippen LogP contribution in [0.2, 0.25) is 5.02 Å². The number of halogens is 1. The molecule has 0 aliphatic carbocycles. The summed E-state index contributed by atoms with van der Waals surface area (Å²) in [7, 11) is 2.11. The van der Waals surface area contributed by atoms with Crippen molar-refractivity contribution in [1.29, 1.82) is 0 Å². The van der Waals surface area contributed by atoms with E-state index < -0.39 is 0 Å². The number of nitrogens with two attached hydrogens (primary N) is 1. The van der Waals surface area contributed by atoms with E-state index in [1.54, 1.807) is 0 Å². The van der Waals surface area contributed by atoms with Crippen LogP contribution in [0.4, 0.5) is 5.69 Å². The summed E-state index contributed by atoms with van der Waals surface area (Å²) in [4.78, 5) is 2.25. The lowest BCUT2D eigenvalue weighted by Crippen LogP contribution is -2.23. The third kappa shape index (κ3) is 4.48. The summed E-state index contributed by atoms with van der Waals surface area (Å²) in [6.07, 6.45) is 0.893. The van der Waals surface area contributed by atoms with Gasteiger partial charge in [0.1, 0.15) is 0 Å². The van der Waals surface area contributed by atoms with Crippen LogP contribution in [0.3, 0.4) is 0 Å². The Hall–Kier alpha value is -1.51. The molecule has 1 unspecified atom stereocenters. The van der Waals surface area contributed by atoms with Gasteiger partial charge in [-0.05, 0) is 61.2 Å². The molecule has 2 nitrogen and oxygen atoms in total. The van der Waals surface area contributed by atoms with Gasteiger partial charge in [-0.2, -0.15) is 0 Å². The van der Waals surface area contributed by atoms with Gasteiger partial charge in [0.15, 0.2) is 0 Å². The van der Waals surface area contributed by atoms with Crippen LogP contribution in [-0.4, -0.2) is 13.6 Å². The number of nitrogens with zero attached hydrogens (tertiary/aromatic N) is 1. The Morgan fingerprint density at radius 2 is 1.76 bits per heavy atom. The minimum Gasteiger partial charge on any atom is -0.375 e. The van der Waals surface area contributed by atoms with E-state index in [4.69, 9.17) is 17.3 Å². The van der Waals surface area contributed by atoms with Gasteiger partial charge >= 0.3 is 0 Å². The Labute approximate surface area is 132 Å². The fourth-order valence-corrected chi connectivity index (χ4v) is 2.74. The molecule has 0 radical (unpaired) electrons. The van der Waals surface area contributed by atoms with Gasteiger partial charge in [-0.3, -0.25) is 0 Å². The summed E-state index contributed by atoms with van der Waals surface area (Å²) in [6.45, 7) is 5.17. The van der Waals surface area contributed by atoms with E-state index in [0.717, 1.165) is 23.6 Å². The van der Waals surface area contributed by atoms with Gasteiger partial charge in [0, 0.05) is 30.3 Å². The van der Waals surface area contributed by atoms with Gasteiger partial charge < -0.3 is 10.6 Å². The predicted octanol–water partition coefficient (Wildman–Crippen LogP) is 4.48. The lowest BCUT2D eigenvalue weighted by Gasteiger charge is -2.22. The molecule has 0 spiro atoms. The van der Waals surface area contributed by atoms with Crippen molar-refractivity contribution in [3.05, 3.63) is 64.2 Å². The molecule has 0 amide bonds. The number of anilines is 1. The Kier molecular flexibility index (Phi) is 5.27. The van der Waals surface area contributed by atoms with Crippen LogP contribution in [0.15, 0.2) is 42.5 Å². The van der Waals surface area contributed by atoms with Gasteiger partial charge in [-0.1, -0.05) is 29.8 Å². The van der Waals surface area contributed by atoms with Gasteiger partial charge in [-0.15, -0.1) is 0 Å². The first kappa shape index (κ1) is 15.9. The van der Waals surface area contributed by atoms with E-state index >= 15 is 0 Å². The fraction of sp³-hybridized carbons (Fsp3) is 0.333. The molecule has 0 aliphatic heterocycles. The van der Waals surface area contributed by atoms with Crippen molar-refractivity contribution in [3.8, 4) is 0 Å². The largest absolute Gasteiger partial charge is 0.375 e. The summed E-state index contributed by atoms with van der Waals surface area (Å²) in [5.74, 6) is 0. The zero-order chi connectivity index (χ0) is 15.4. The molecule has 0 fully saturated rings. The molecule has 0 heterocycles. The first-order valence-electron chi connectivity index (χ1n) is 7.26. The summed E-state index contributed by atoms with van der Waals surface area (Å²) in [6, 6.07) is 14.4. The third-order valence-electron chi connectivity index (χ3n) is 3.70. The van der Waals surface area contributed by atoms with Crippen molar-refractivity contribution in [2.24, 2.45) is 5.73 Å². The highest BCUT2D eigenvalue weighted by Gasteiger charge is 2.09. The first-order chi connectivity index (χ1) is 9.95. The SMILES string of the molecule is Cc1cc(C)cc(N(C)CCC(N)c2cccc(Cl)c2)c1. The minimum atomic E-state index is 0.0112. The smallest absolute Gasteiger partial charge is 0.0409 e. The molecule has 21 heavy (non-hydrogen) atoms. The van der Waals surface area contributed by atoms with Crippen molar-refractivity contribution < 1.29 is 0 Å². The quantitative estimate of drug-likeness (QED) is 0.882. The van der Waals surface area contributed by atoms with Crippen molar-refractivity contribution in [1.82, 2.24) is 0 Å². The highest BCUT2D eigenvalue weighted by Crippen LogP contribution is 2.21. The normalized spacial score (nSPS) is 12.2. The lowest BCUT2D eigenvalue weighted by molar-refractivity contribution is 0.645. The van der Waals surface area contributed by atoms with E-state index in [1.807, 2.05) is 24.3 Å². The molecule has 0 bridgehead atoms. The zero-order valence-electron chi connectivity index (χ0n) is 12.9. The molecule has 0 saturated carbocycles. The van der Waals surface area contributed by atoms with Crippen molar-refractivity contribution in [3.63, 3.8) is 0 Å². The number of hydrogen-bond acceptors (Lipinski definition) is 2. The van der Waals surface area contributed by atoms with Crippen LogP contribution >= 0.6 is 11.6 Å². The number of hydrogen-bond donors (Lipinski definition) is 1. The summed E-state index contributed by atoms with van der Waals surface area (Å²) >= 11 is 6.02. The number of rotatable bonds is 5. The molecular weight excluding hydrogens is 280 g/mol. The van der Waals surface area contributed by atoms with Gasteiger partial charge in [0.25, 0.3) is 0 Å². The predicted molar refractivity (Wildman–Crippen MR) is 92.2 cm³/mol. The molecule has 0 aromatic heterocycles. The molecule has 1 atom stereocenters. The van der Waals surface area contributed by atoms with Crippen LogP contribution in [0.25, 0.3) is 0 Å². The molecule has 2 aromatic carbocycles.